The van der Waals surface area contributed by atoms with E-state index in [-0.39, 0.29) is 0 Å². The van der Waals surface area contributed by atoms with Crippen LogP contribution in [0.15, 0.2) is 30.3 Å². The lowest BCUT2D eigenvalue weighted by molar-refractivity contribution is -0.176. The molecule has 0 unspecified atom stereocenters. The maximum absolute atomic E-state index is 12.6. The average Bonchev–Trinajstić information content (AvgIpc) is 3.32. The predicted molar refractivity (Wildman–Crippen MR) is 82.1 cm³/mol. The standard InChI is InChI=1S/C17H18O8/c1-22-12(18)16(13(19)23-2)11(10-8-6-5-7-9-10)17(16,14(20)24-3)15(21)25-4/h5-9,11H,1-4H3. The highest BCUT2D eigenvalue weighted by atomic mass is 16.6. The summed E-state index contributed by atoms with van der Waals surface area (Å²) in [5.41, 5.74) is -4.05. The number of hydrogen-bond acceptors (Lipinski definition) is 8. The highest BCUT2D eigenvalue weighted by Crippen LogP contribution is 2.76. The molecule has 134 valence electrons. The van der Waals surface area contributed by atoms with Crippen molar-refractivity contribution in [2.45, 2.75) is 5.92 Å². The Morgan fingerprint density at radius 3 is 1.28 bits per heavy atom. The summed E-state index contributed by atoms with van der Waals surface area (Å²) in [5.74, 6) is -5.50. The zero-order chi connectivity index (χ0) is 18.8. The molecule has 1 saturated carbocycles. The van der Waals surface area contributed by atoms with Gasteiger partial charge in [0.15, 0.2) is 0 Å². The van der Waals surface area contributed by atoms with Gasteiger partial charge >= 0.3 is 23.9 Å². The molecule has 0 spiro atoms. The van der Waals surface area contributed by atoms with Crippen molar-refractivity contribution in [3.05, 3.63) is 35.9 Å². The van der Waals surface area contributed by atoms with Gasteiger partial charge < -0.3 is 18.9 Å². The third-order valence-electron chi connectivity index (χ3n) is 4.57. The first-order valence-electron chi connectivity index (χ1n) is 7.29. The largest absolute Gasteiger partial charge is 0.468 e. The molecule has 0 aliphatic heterocycles. The molecule has 0 bridgehead atoms. The number of rotatable bonds is 5. The Morgan fingerprint density at radius 1 is 0.680 bits per heavy atom. The summed E-state index contributed by atoms with van der Waals surface area (Å²) in [6.45, 7) is 0. The third kappa shape index (κ3) is 2.13. The molecular weight excluding hydrogens is 332 g/mol. The zero-order valence-electron chi connectivity index (χ0n) is 14.2. The predicted octanol–water partition coefficient (Wildman–Crippen LogP) is 0.449. The number of carbonyl (C=O) groups is 4. The second kappa shape index (κ2) is 6.54. The van der Waals surface area contributed by atoms with Gasteiger partial charge in [0, 0.05) is 5.92 Å². The fraction of sp³-hybridized carbons (Fsp3) is 0.412. The van der Waals surface area contributed by atoms with Gasteiger partial charge in [-0.1, -0.05) is 30.3 Å². The lowest BCUT2D eigenvalue weighted by Gasteiger charge is -2.18. The SMILES string of the molecule is COC(=O)C1(C(=O)OC)C(c2ccccc2)C1(C(=O)OC)C(=O)OC. The number of ether oxygens (including phenoxy) is 4. The van der Waals surface area contributed by atoms with Gasteiger partial charge in [0.05, 0.1) is 28.4 Å². The minimum atomic E-state index is -2.22. The molecule has 1 aromatic rings. The smallest absolute Gasteiger partial charge is 0.325 e. The number of hydrogen-bond donors (Lipinski definition) is 0. The van der Waals surface area contributed by atoms with E-state index in [1.807, 2.05) is 0 Å². The maximum Gasteiger partial charge on any atom is 0.325 e. The molecule has 1 aliphatic rings. The Kier molecular flexibility index (Phi) is 4.82. The van der Waals surface area contributed by atoms with Crippen molar-refractivity contribution >= 4 is 23.9 Å². The van der Waals surface area contributed by atoms with E-state index < -0.39 is 40.6 Å². The second-order valence-corrected chi connectivity index (χ2v) is 5.43. The first-order chi connectivity index (χ1) is 11.9. The molecule has 0 aromatic heterocycles. The van der Waals surface area contributed by atoms with Crippen LogP contribution in [-0.4, -0.2) is 52.3 Å². The van der Waals surface area contributed by atoms with Gasteiger partial charge in [0.2, 0.25) is 10.8 Å². The van der Waals surface area contributed by atoms with Gasteiger partial charge in [-0.15, -0.1) is 0 Å². The van der Waals surface area contributed by atoms with Crippen LogP contribution in [0.25, 0.3) is 0 Å². The maximum atomic E-state index is 12.6. The summed E-state index contributed by atoms with van der Waals surface area (Å²) in [7, 11) is 4.19. The molecule has 0 saturated heterocycles. The highest BCUT2D eigenvalue weighted by Gasteiger charge is 2.95. The number of methoxy groups -OCH3 is 4. The molecule has 1 aliphatic carbocycles. The van der Waals surface area contributed by atoms with Crippen molar-refractivity contribution in [3.63, 3.8) is 0 Å². The summed E-state index contributed by atoms with van der Waals surface area (Å²) in [6.07, 6.45) is 0. The Morgan fingerprint density at radius 2 is 1.00 bits per heavy atom. The molecule has 0 atom stereocenters. The third-order valence-corrected chi connectivity index (χ3v) is 4.57. The molecule has 8 nitrogen and oxygen atoms in total. The summed E-state index contributed by atoms with van der Waals surface area (Å²) >= 11 is 0. The minimum Gasteiger partial charge on any atom is -0.468 e. The van der Waals surface area contributed by atoms with E-state index in [2.05, 4.69) is 0 Å². The highest BCUT2D eigenvalue weighted by molar-refractivity contribution is 6.23. The van der Waals surface area contributed by atoms with Crippen LogP contribution in [0, 0.1) is 10.8 Å². The van der Waals surface area contributed by atoms with Crippen molar-refractivity contribution in [2.24, 2.45) is 10.8 Å². The van der Waals surface area contributed by atoms with Crippen molar-refractivity contribution in [1.82, 2.24) is 0 Å². The Labute approximate surface area is 144 Å². The Balaban J connectivity index is 2.84. The van der Waals surface area contributed by atoms with Crippen LogP contribution in [0.4, 0.5) is 0 Å². The van der Waals surface area contributed by atoms with E-state index in [1.165, 1.54) is 0 Å². The Hall–Kier alpha value is -2.90. The monoisotopic (exact) mass is 350 g/mol. The normalized spacial score (nSPS) is 17.1. The average molecular weight is 350 g/mol. The lowest BCUT2D eigenvalue weighted by Crippen LogP contribution is -2.42. The van der Waals surface area contributed by atoms with E-state index in [0.29, 0.717) is 5.56 Å². The summed E-state index contributed by atoms with van der Waals surface area (Å²) in [5, 5.41) is 0. The van der Waals surface area contributed by atoms with E-state index >= 15 is 0 Å². The molecule has 2 rings (SSSR count). The van der Waals surface area contributed by atoms with Crippen molar-refractivity contribution in [3.8, 4) is 0 Å². The van der Waals surface area contributed by atoms with Gasteiger partial charge in [0.1, 0.15) is 0 Å². The summed E-state index contributed by atoms with van der Waals surface area (Å²) in [4.78, 5) is 50.4. The molecule has 8 heteroatoms. The van der Waals surface area contributed by atoms with Crippen LogP contribution in [0.1, 0.15) is 11.5 Å². The van der Waals surface area contributed by atoms with Crippen molar-refractivity contribution < 1.29 is 38.1 Å². The second-order valence-electron chi connectivity index (χ2n) is 5.43. The molecule has 0 heterocycles. The molecule has 0 radical (unpaired) electrons. The first-order valence-corrected chi connectivity index (χ1v) is 7.29. The van der Waals surface area contributed by atoms with E-state index in [1.54, 1.807) is 30.3 Å². The van der Waals surface area contributed by atoms with Gasteiger partial charge in [-0.05, 0) is 5.56 Å². The summed E-state index contributed by atoms with van der Waals surface area (Å²) < 4.78 is 19.0. The van der Waals surface area contributed by atoms with Crippen molar-refractivity contribution in [1.29, 1.82) is 0 Å². The fourth-order valence-corrected chi connectivity index (χ4v) is 3.55. The van der Waals surface area contributed by atoms with Gasteiger partial charge in [-0.2, -0.15) is 0 Å². The molecule has 0 amide bonds. The van der Waals surface area contributed by atoms with E-state index in [9.17, 15) is 19.2 Å². The van der Waals surface area contributed by atoms with E-state index in [0.717, 1.165) is 28.4 Å². The van der Waals surface area contributed by atoms with Crippen molar-refractivity contribution in [2.75, 3.05) is 28.4 Å². The minimum absolute atomic E-state index is 0.397. The van der Waals surface area contributed by atoms with Gasteiger partial charge in [-0.3, -0.25) is 19.2 Å². The van der Waals surface area contributed by atoms with E-state index in [4.69, 9.17) is 18.9 Å². The molecular formula is C17H18O8. The van der Waals surface area contributed by atoms with Crippen LogP contribution >= 0.6 is 0 Å². The fourth-order valence-electron chi connectivity index (χ4n) is 3.55. The summed E-state index contributed by atoms with van der Waals surface area (Å²) in [6, 6.07) is 8.16. The Bertz CT molecular complexity index is 635. The van der Waals surface area contributed by atoms with Gasteiger partial charge in [0.25, 0.3) is 0 Å². The number of esters is 4. The van der Waals surface area contributed by atoms with Crippen LogP contribution in [-0.2, 0) is 38.1 Å². The number of carbonyl (C=O) groups excluding carboxylic acids is 4. The topological polar surface area (TPSA) is 105 Å². The molecule has 1 fully saturated rings. The first kappa shape index (κ1) is 18.4. The van der Waals surface area contributed by atoms with Crippen LogP contribution in [0.3, 0.4) is 0 Å². The quantitative estimate of drug-likeness (QED) is 0.428. The molecule has 0 N–H and O–H groups in total. The number of benzene rings is 1. The zero-order valence-corrected chi connectivity index (χ0v) is 14.2. The van der Waals surface area contributed by atoms with Crippen LogP contribution in [0.5, 0.6) is 0 Å². The van der Waals surface area contributed by atoms with Crippen LogP contribution < -0.4 is 0 Å². The lowest BCUT2D eigenvalue weighted by atomic mass is 9.92. The van der Waals surface area contributed by atoms with Gasteiger partial charge in [-0.25, -0.2) is 0 Å². The molecule has 1 aromatic carbocycles. The van der Waals surface area contributed by atoms with Crippen LogP contribution in [0.2, 0.25) is 0 Å². The molecule has 25 heavy (non-hydrogen) atoms.